The van der Waals surface area contributed by atoms with Gasteiger partial charge in [0.2, 0.25) is 11.7 Å². The first-order valence-corrected chi connectivity index (χ1v) is 22.6. The minimum absolute atomic E-state index is 0.0822. The molecule has 1 aromatic carbocycles. The number of benzene rings is 1. The van der Waals surface area contributed by atoms with Crippen molar-refractivity contribution in [3.8, 4) is 5.88 Å². The molecule has 2 aromatic rings. The number of aromatic nitrogens is 2. The average molecular weight is 919 g/mol. The number of rotatable bonds is 20. The first-order chi connectivity index (χ1) is 30.9. The van der Waals surface area contributed by atoms with Crippen molar-refractivity contribution in [1.82, 2.24) is 29.2 Å². The topological polar surface area (TPSA) is 211 Å². The van der Waals surface area contributed by atoms with Gasteiger partial charge in [-0.15, -0.1) is 4.37 Å². The largest absolute Gasteiger partial charge is 0.470 e. The van der Waals surface area contributed by atoms with Crippen molar-refractivity contribution in [3.63, 3.8) is 0 Å². The van der Waals surface area contributed by atoms with Crippen LogP contribution in [0.2, 0.25) is 0 Å². The second kappa shape index (κ2) is 22.8. The second-order valence-electron chi connectivity index (χ2n) is 17.0. The van der Waals surface area contributed by atoms with Crippen LogP contribution in [0.4, 0.5) is 11.5 Å². The van der Waals surface area contributed by atoms with Crippen LogP contribution in [0.1, 0.15) is 79.9 Å². The number of allylic oxidation sites excluding steroid dienone is 4. The van der Waals surface area contributed by atoms with Gasteiger partial charge in [0.05, 0.1) is 37.1 Å². The number of nitrogens with one attached hydrogen (secondary N) is 3. The normalized spacial score (nSPS) is 16.9. The molecule has 352 valence electrons. The molecule has 5 rings (SSSR count). The van der Waals surface area contributed by atoms with Crippen molar-refractivity contribution in [2.45, 2.75) is 92.9 Å². The van der Waals surface area contributed by atoms with E-state index in [2.05, 4.69) is 43.4 Å². The molecule has 0 spiro atoms. The number of ether oxygens (including phenoxy) is 4. The number of fused-ring (bicyclic) bond motifs is 1. The summed E-state index contributed by atoms with van der Waals surface area (Å²) in [5, 5.41) is 9.23. The molecule has 3 amide bonds. The zero-order valence-corrected chi connectivity index (χ0v) is 39.6. The van der Waals surface area contributed by atoms with E-state index in [1.54, 1.807) is 45.0 Å². The Morgan fingerprint density at radius 3 is 2.43 bits per heavy atom. The summed E-state index contributed by atoms with van der Waals surface area (Å²) in [4.78, 5) is 83.9. The van der Waals surface area contributed by atoms with E-state index in [0.29, 0.717) is 84.4 Å². The van der Waals surface area contributed by atoms with Gasteiger partial charge in [-0.1, -0.05) is 19.9 Å². The van der Waals surface area contributed by atoms with Gasteiger partial charge in [0.25, 0.3) is 17.7 Å². The van der Waals surface area contributed by atoms with Gasteiger partial charge in [0, 0.05) is 85.8 Å². The molecule has 1 aromatic heterocycles. The van der Waals surface area contributed by atoms with Crippen molar-refractivity contribution in [2.24, 2.45) is 0 Å². The average Bonchev–Trinajstić information content (AvgIpc) is 3.86. The summed E-state index contributed by atoms with van der Waals surface area (Å²) in [7, 11) is 0. The maximum atomic E-state index is 13.6. The Labute approximate surface area is 384 Å². The highest BCUT2D eigenvalue weighted by molar-refractivity contribution is 6.99. The number of likely N-dealkylation sites (N-methyl/N-ethyl adjacent to an activating group) is 1. The fourth-order valence-electron chi connectivity index (χ4n) is 7.47. The minimum atomic E-state index is -1.11. The zero-order chi connectivity index (χ0) is 47.4. The first kappa shape index (κ1) is 50.1. The maximum Gasteiger partial charge on any atom is 0.331 e. The molecule has 65 heavy (non-hydrogen) atoms. The van der Waals surface area contributed by atoms with Crippen LogP contribution in [0.3, 0.4) is 0 Å². The third-order valence-electron chi connectivity index (χ3n) is 11.1. The number of carbonyl (C=O) groups excluding carboxylic acids is 6. The summed E-state index contributed by atoms with van der Waals surface area (Å²) in [5.74, 6) is -2.05. The Hall–Kier alpha value is -5.92. The molecule has 3 N–H and O–H groups in total. The number of anilines is 2. The fourth-order valence-corrected chi connectivity index (χ4v) is 7.99. The molecular weight excluding hydrogens is 857 g/mol. The maximum absolute atomic E-state index is 13.6. The Kier molecular flexibility index (Phi) is 17.6. The lowest BCUT2D eigenvalue weighted by molar-refractivity contribution is -0.163. The molecule has 0 bridgehead atoms. The zero-order valence-electron chi connectivity index (χ0n) is 38.8. The highest BCUT2D eigenvalue weighted by Gasteiger charge is 2.35. The summed E-state index contributed by atoms with van der Waals surface area (Å²) >= 11 is 0.969. The van der Waals surface area contributed by atoms with Crippen LogP contribution in [0, 0.1) is 0 Å². The van der Waals surface area contributed by atoms with Crippen molar-refractivity contribution >= 4 is 64.2 Å². The van der Waals surface area contributed by atoms with E-state index < -0.39 is 41.4 Å². The van der Waals surface area contributed by atoms with E-state index in [1.807, 2.05) is 18.7 Å². The standard InChI is InChI=1S/C46H62N8O10S/c1-10-52(11-2)17-16-47-42(58)35-22-28(3)39(48-29(35)4)25-37-36-24-32(12-14-38(36)49-43(37)59)23-33(56)13-15-40(57)64-34(26-54(46(7,8)9)45(60)30(5)63-31(6)55)27-62-44-41(50-65-51-44)53-18-20-61-21-19-53/h12-15,24-25,30,34,48H,10-11,16-23,26-27H2,1-9H3,(H,47,58)(H,49,59)/b15-13+,37-25-/t30?,34-/m0/s1. The molecule has 18 nitrogen and oxygen atoms in total. The van der Waals surface area contributed by atoms with Crippen LogP contribution in [-0.2, 0) is 49.4 Å². The monoisotopic (exact) mass is 918 g/mol. The molecule has 19 heteroatoms. The van der Waals surface area contributed by atoms with E-state index >= 15 is 0 Å². The predicted octanol–water partition coefficient (Wildman–Crippen LogP) is 3.95. The number of hydrogen-bond acceptors (Lipinski definition) is 16. The van der Waals surface area contributed by atoms with Gasteiger partial charge in [-0.05, 0) is 90.1 Å². The van der Waals surface area contributed by atoms with Gasteiger partial charge in [-0.2, -0.15) is 4.37 Å². The van der Waals surface area contributed by atoms with Gasteiger partial charge in [-0.3, -0.25) is 24.0 Å². The lowest BCUT2D eigenvalue weighted by atomic mass is 9.95. The quantitative estimate of drug-likeness (QED) is 0.127. The molecule has 1 unspecified atom stereocenters. The summed E-state index contributed by atoms with van der Waals surface area (Å²) in [5.41, 5.74) is 4.37. The van der Waals surface area contributed by atoms with Gasteiger partial charge >= 0.3 is 11.9 Å². The molecule has 2 atom stereocenters. The highest BCUT2D eigenvalue weighted by Crippen LogP contribution is 2.35. The SMILES string of the molecule is CCN(CC)CCNC(=O)C1=C(C)NC(/C=C2\C(=O)Nc3ccc(CC(=O)/C=C/C(=O)O[C@H](COc4nsnc4N4CCOCC4)CN(C(=O)C(C)OC(C)=O)C(C)(C)C)cc32)=C(C)C1. The molecule has 3 aliphatic heterocycles. The molecule has 1 saturated heterocycles. The van der Waals surface area contributed by atoms with Crippen LogP contribution >= 0.6 is 11.7 Å². The molecule has 3 aliphatic rings. The van der Waals surface area contributed by atoms with Crippen LogP contribution < -0.4 is 25.6 Å². The summed E-state index contributed by atoms with van der Waals surface area (Å²) < 4.78 is 31.2. The Morgan fingerprint density at radius 2 is 1.75 bits per heavy atom. The van der Waals surface area contributed by atoms with Gasteiger partial charge in [-0.25, -0.2) is 4.79 Å². The lowest BCUT2D eigenvalue weighted by Gasteiger charge is -2.39. The summed E-state index contributed by atoms with van der Waals surface area (Å²) in [6.45, 7) is 21.0. The van der Waals surface area contributed by atoms with Crippen LogP contribution in [-0.4, -0.2) is 137 Å². The molecule has 1 fully saturated rings. The minimum Gasteiger partial charge on any atom is -0.470 e. The number of dihydropyridines is 1. The number of esters is 2. The van der Waals surface area contributed by atoms with Crippen molar-refractivity contribution < 1.29 is 47.7 Å². The van der Waals surface area contributed by atoms with Gasteiger partial charge < -0.3 is 49.6 Å². The van der Waals surface area contributed by atoms with Crippen molar-refractivity contribution in [1.29, 1.82) is 0 Å². The van der Waals surface area contributed by atoms with E-state index in [1.165, 1.54) is 18.7 Å². The number of nitrogens with zero attached hydrogens (tertiary/aromatic N) is 5. The molecule has 4 heterocycles. The summed E-state index contributed by atoms with van der Waals surface area (Å²) in [6.07, 6.45) is 2.08. The van der Waals surface area contributed by atoms with Crippen LogP contribution in [0.25, 0.3) is 5.57 Å². The molecule has 0 radical (unpaired) electrons. The van der Waals surface area contributed by atoms with Crippen molar-refractivity contribution in [2.75, 3.05) is 75.9 Å². The Bertz CT molecular complexity index is 2230. The van der Waals surface area contributed by atoms with E-state index in [4.69, 9.17) is 18.9 Å². The number of morpholine rings is 1. The van der Waals surface area contributed by atoms with E-state index in [9.17, 15) is 28.8 Å². The predicted molar refractivity (Wildman–Crippen MR) is 246 cm³/mol. The second-order valence-corrected chi connectivity index (χ2v) is 17.5. The van der Waals surface area contributed by atoms with E-state index in [0.717, 1.165) is 49.1 Å². The third kappa shape index (κ3) is 13.8. The molecular formula is C46H62N8O10S. The lowest BCUT2D eigenvalue weighted by Crippen LogP contribution is -2.54. The van der Waals surface area contributed by atoms with Crippen molar-refractivity contribution in [3.05, 3.63) is 70.1 Å². The van der Waals surface area contributed by atoms with Crippen LogP contribution in [0.15, 0.2) is 59.0 Å². The smallest absolute Gasteiger partial charge is 0.331 e. The number of hydrogen-bond donors (Lipinski definition) is 3. The van der Waals surface area contributed by atoms with Gasteiger partial charge in [0.1, 0.15) is 6.61 Å². The number of amides is 3. The Morgan fingerprint density at radius 1 is 1.03 bits per heavy atom. The fraction of sp³-hybridized carbons (Fsp3) is 0.522. The Balaban J connectivity index is 1.26. The molecule has 0 aliphatic carbocycles. The number of ketones is 1. The van der Waals surface area contributed by atoms with Gasteiger partial charge in [0.15, 0.2) is 18.0 Å². The molecule has 0 saturated carbocycles. The highest BCUT2D eigenvalue weighted by atomic mass is 32.1. The first-order valence-electron chi connectivity index (χ1n) is 21.9. The van der Waals surface area contributed by atoms with E-state index in [-0.39, 0.29) is 37.3 Å². The van der Waals surface area contributed by atoms with Crippen LogP contribution in [0.5, 0.6) is 5.88 Å². The number of carbonyl (C=O) groups is 6. The third-order valence-corrected chi connectivity index (χ3v) is 11.6. The summed E-state index contributed by atoms with van der Waals surface area (Å²) in [6, 6.07) is 5.22.